The van der Waals surface area contributed by atoms with Crippen molar-refractivity contribution in [2.45, 2.75) is 10.9 Å². The van der Waals surface area contributed by atoms with Crippen LogP contribution in [0.5, 0.6) is 0 Å². The molecule has 0 amide bonds. The lowest BCUT2D eigenvalue weighted by Gasteiger charge is -2.13. The molecule has 0 heterocycles. The fourth-order valence-corrected chi connectivity index (χ4v) is 2.46. The molecule has 0 aliphatic heterocycles. The Balaban J connectivity index is 2.96. The number of carbonyl (C=O) groups is 1. The van der Waals surface area contributed by atoms with Gasteiger partial charge in [0, 0.05) is 7.11 Å². The van der Waals surface area contributed by atoms with Gasteiger partial charge >= 0.3 is 5.97 Å². The maximum atomic E-state index is 11.9. The van der Waals surface area contributed by atoms with Crippen LogP contribution < -0.4 is 4.72 Å². The molecule has 2 N–H and O–H groups in total. The Bertz CT molecular complexity index is 589. The molecule has 1 unspecified atom stereocenters. The second-order valence-corrected chi connectivity index (χ2v) is 5.32. The van der Waals surface area contributed by atoms with E-state index in [1.807, 2.05) is 10.8 Å². The van der Waals surface area contributed by atoms with Crippen LogP contribution in [0.25, 0.3) is 0 Å². The van der Waals surface area contributed by atoms with Crippen molar-refractivity contribution in [2.75, 3.05) is 13.7 Å². The Hall–Kier alpha value is -1.95. The largest absolute Gasteiger partial charge is 0.480 e. The predicted octanol–water partition coefficient (Wildman–Crippen LogP) is -0.0638. The van der Waals surface area contributed by atoms with Gasteiger partial charge in [-0.15, -0.1) is 0 Å². The van der Waals surface area contributed by atoms with Gasteiger partial charge in [-0.25, -0.2) is 8.42 Å². The standard InChI is InChI=1S/C11H12N2O5S/c1-18-7-10(11(14)15)13-19(16,17)9-4-2-8(6-12)3-5-9/h2-5,10,13H,7H2,1H3,(H,14,15). The first-order valence-electron chi connectivity index (χ1n) is 5.15. The molecule has 19 heavy (non-hydrogen) atoms. The number of nitriles is 1. The number of hydrogen-bond acceptors (Lipinski definition) is 5. The van der Waals surface area contributed by atoms with Crippen LogP contribution in [0.4, 0.5) is 0 Å². The summed E-state index contributed by atoms with van der Waals surface area (Å²) in [5.41, 5.74) is 0.311. The normalized spacial score (nSPS) is 12.6. The number of aliphatic carboxylic acids is 1. The molecule has 1 rings (SSSR count). The molecule has 0 spiro atoms. The van der Waals surface area contributed by atoms with Crippen LogP contribution in [0.15, 0.2) is 29.2 Å². The minimum Gasteiger partial charge on any atom is -0.480 e. The lowest BCUT2D eigenvalue weighted by atomic mass is 10.2. The second-order valence-electron chi connectivity index (χ2n) is 3.60. The fraction of sp³-hybridized carbons (Fsp3) is 0.273. The van der Waals surface area contributed by atoms with Crippen molar-refractivity contribution in [1.29, 1.82) is 5.26 Å². The molecule has 0 aromatic heterocycles. The van der Waals surface area contributed by atoms with Crippen LogP contribution in [0, 0.1) is 11.3 Å². The first-order valence-corrected chi connectivity index (χ1v) is 6.63. The molecule has 8 heteroatoms. The summed E-state index contributed by atoms with van der Waals surface area (Å²) in [7, 11) is -2.70. The molecule has 1 atom stereocenters. The summed E-state index contributed by atoms with van der Waals surface area (Å²) in [6.07, 6.45) is 0. The minimum absolute atomic E-state index is 0.117. The van der Waals surface area contributed by atoms with Crippen LogP contribution in [0.1, 0.15) is 5.56 Å². The van der Waals surface area contributed by atoms with E-state index in [1.165, 1.54) is 31.4 Å². The van der Waals surface area contributed by atoms with E-state index in [1.54, 1.807) is 0 Å². The molecule has 0 aliphatic rings. The van der Waals surface area contributed by atoms with Crippen molar-refractivity contribution in [3.63, 3.8) is 0 Å². The summed E-state index contributed by atoms with van der Waals surface area (Å²) < 4.78 is 30.5. The van der Waals surface area contributed by atoms with E-state index >= 15 is 0 Å². The number of benzene rings is 1. The highest BCUT2D eigenvalue weighted by atomic mass is 32.2. The topological polar surface area (TPSA) is 116 Å². The van der Waals surface area contributed by atoms with Crippen molar-refractivity contribution in [3.05, 3.63) is 29.8 Å². The predicted molar refractivity (Wildman–Crippen MR) is 64.8 cm³/mol. The number of nitrogens with zero attached hydrogens (tertiary/aromatic N) is 1. The van der Waals surface area contributed by atoms with Crippen molar-refractivity contribution >= 4 is 16.0 Å². The molecule has 0 saturated carbocycles. The lowest BCUT2D eigenvalue weighted by Crippen LogP contribution is -2.43. The number of ether oxygens (including phenoxy) is 1. The molecule has 7 nitrogen and oxygen atoms in total. The molecule has 0 bridgehead atoms. The van der Waals surface area contributed by atoms with Gasteiger partial charge in [-0.05, 0) is 24.3 Å². The smallest absolute Gasteiger partial charge is 0.324 e. The third kappa shape index (κ3) is 4.03. The van der Waals surface area contributed by atoms with Gasteiger partial charge in [-0.1, -0.05) is 0 Å². The van der Waals surface area contributed by atoms with Gasteiger partial charge in [-0.3, -0.25) is 4.79 Å². The lowest BCUT2D eigenvalue weighted by molar-refractivity contribution is -0.140. The average molecular weight is 284 g/mol. The van der Waals surface area contributed by atoms with Crippen LogP contribution in [0.2, 0.25) is 0 Å². The Morgan fingerprint density at radius 1 is 1.47 bits per heavy atom. The van der Waals surface area contributed by atoms with Crippen LogP contribution in [-0.2, 0) is 19.6 Å². The Morgan fingerprint density at radius 3 is 2.47 bits per heavy atom. The Morgan fingerprint density at radius 2 is 2.05 bits per heavy atom. The van der Waals surface area contributed by atoms with Gasteiger partial charge in [0.15, 0.2) is 0 Å². The van der Waals surface area contributed by atoms with Crippen molar-refractivity contribution in [1.82, 2.24) is 4.72 Å². The molecule has 0 saturated heterocycles. The number of rotatable bonds is 6. The highest BCUT2D eigenvalue weighted by Gasteiger charge is 2.25. The highest BCUT2D eigenvalue weighted by molar-refractivity contribution is 7.89. The van der Waals surface area contributed by atoms with Crippen LogP contribution >= 0.6 is 0 Å². The van der Waals surface area contributed by atoms with Crippen LogP contribution in [-0.4, -0.2) is 39.3 Å². The quantitative estimate of drug-likeness (QED) is 0.755. The first kappa shape index (κ1) is 15.1. The van der Waals surface area contributed by atoms with E-state index in [0.717, 1.165) is 0 Å². The Labute approximate surface area is 110 Å². The van der Waals surface area contributed by atoms with E-state index in [2.05, 4.69) is 4.74 Å². The number of hydrogen-bond donors (Lipinski definition) is 2. The third-order valence-corrected chi connectivity index (χ3v) is 3.71. The highest BCUT2D eigenvalue weighted by Crippen LogP contribution is 2.10. The minimum atomic E-state index is -3.97. The van der Waals surface area contributed by atoms with Gasteiger partial charge in [0.25, 0.3) is 0 Å². The van der Waals surface area contributed by atoms with Crippen molar-refractivity contribution in [3.8, 4) is 6.07 Å². The number of carboxylic acids is 1. The van der Waals surface area contributed by atoms with Gasteiger partial charge in [0.05, 0.1) is 23.1 Å². The van der Waals surface area contributed by atoms with E-state index in [4.69, 9.17) is 10.4 Å². The SMILES string of the molecule is COCC(NS(=O)(=O)c1ccc(C#N)cc1)C(=O)O. The summed E-state index contributed by atoms with van der Waals surface area (Å²) >= 11 is 0. The van der Waals surface area contributed by atoms with Crippen molar-refractivity contribution in [2.24, 2.45) is 0 Å². The summed E-state index contributed by atoms with van der Waals surface area (Å²) in [6, 6.07) is 5.61. The van der Waals surface area contributed by atoms with Crippen molar-refractivity contribution < 1.29 is 23.1 Å². The van der Waals surface area contributed by atoms with E-state index < -0.39 is 22.0 Å². The molecule has 0 aliphatic carbocycles. The molecule has 102 valence electrons. The van der Waals surface area contributed by atoms with E-state index in [-0.39, 0.29) is 11.5 Å². The average Bonchev–Trinajstić information content (AvgIpc) is 2.38. The molecular weight excluding hydrogens is 272 g/mol. The zero-order chi connectivity index (χ0) is 14.5. The number of carboxylic acid groups (broad SMARTS) is 1. The summed E-state index contributed by atoms with van der Waals surface area (Å²) in [4.78, 5) is 10.7. The van der Waals surface area contributed by atoms with Gasteiger partial charge in [-0.2, -0.15) is 9.98 Å². The molecule has 1 aromatic carbocycles. The van der Waals surface area contributed by atoms with Gasteiger partial charge in [0.1, 0.15) is 6.04 Å². The summed E-state index contributed by atoms with van der Waals surface area (Å²) in [6.45, 7) is -0.287. The summed E-state index contributed by atoms with van der Waals surface area (Å²) in [5, 5.41) is 17.5. The maximum absolute atomic E-state index is 11.9. The number of sulfonamides is 1. The zero-order valence-corrected chi connectivity index (χ0v) is 10.8. The molecule has 0 fully saturated rings. The molecular formula is C11H12N2O5S. The van der Waals surface area contributed by atoms with Gasteiger partial charge in [0.2, 0.25) is 10.0 Å². The van der Waals surface area contributed by atoms with Crippen LogP contribution in [0.3, 0.4) is 0 Å². The number of nitrogens with one attached hydrogen (secondary N) is 1. The zero-order valence-electron chi connectivity index (χ0n) is 10.0. The maximum Gasteiger partial charge on any atom is 0.324 e. The molecule has 1 aromatic rings. The van der Waals surface area contributed by atoms with Gasteiger partial charge < -0.3 is 9.84 Å². The summed E-state index contributed by atoms with van der Waals surface area (Å²) in [5.74, 6) is -1.33. The van der Waals surface area contributed by atoms with E-state index in [9.17, 15) is 13.2 Å². The third-order valence-electron chi connectivity index (χ3n) is 2.22. The second kappa shape index (κ2) is 6.29. The number of methoxy groups -OCH3 is 1. The Kier molecular flexibility index (Phi) is 5.00. The fourth-order valence-electron chi connectivity index (χ4n) is 1.29. The molecule has 0 radical (unpaired) electrons. The monoisotopic (exact) mass is 284 g/mol. The van der Waals surface area contributed by atoms with E-state index in [0.29, 0.717) is 5.56 Å². The first-order chi connectivity index (χ1) is 8.90.